The Bertz CT molecular complexity index is 608. The van der Waals surface area contributed by atoms with Crippen molar-refractivity contribution in [3.63, 3.8) is 0 Å². The molecule has 0 saturated carbocycles. The minimum absolute atomic E-state index is 0.170. The number of hydrogen-bond donors (Lipinski definition) is 3. The highest BCUT2D eigenvalue weighted by atomic mass is 19.4. The number of hydrogen-bond acceptors (Lipinski definition) is 4. The van der Waals surface area contributed by atoms with Gasteiger partial charge in [0, 0.05) is 0 Å². The van der Waals surface area contributed by atoms with Crippen molar-refractivity contribution in [2.75, 3.05) is 5.32 Å². The van der Waals surface area contributed by atoms with Crippen molar-refractivity contribution in [2.24, 2.45) is 5.73 Å². The lowest BCUT2D eigenvalue weighted by atomic mass is 10.1. The monoisotopic (exact) mass is 301 g/mol. The van der Waals surface area contributed by atoms with Crippen LogP contribution in [0.3, 0.4) is 0 Å². The molecule has 1 aromatic carbocycles. The van der Waals surface area contributed by atoms with Crippen molar-refractivity contribution in [2.45, 2.75) is 18.6 Å². The number of nitrogens with one attached hydrogen (secondary N) is 1. The topological polar surface area (TPSA) is 116 Å². The first kappa shape index (κ1) is 16.5. The summed E-state index contributed by atoms with van der Waals surface area (Å²) in [7, 11) is 0. The molecule has 1 aromatic rings. The number of carbonyl (C=O) groups excluding carboxylic acids is 1. The maximum absolute atomic E-state index is 12.5. The lowest BCUT2D eigenvalue weighted by Crippen LogP contribution is -2.37. The molecule has 0 spiro atoms. The Kier molecular flexibility index (Phi) is 4.88. The fraction of sp³-hybridized carbons (Fsp3) is 0.250. The van der Waals surface area contributed by atoms with E-state index in [2.05, 4.69) is 5.32 Å². The van der Waals surface area contributed by atoms with Crippen LogP contribution in [0.2, 0.25) is 0 Å². The van der Waals surface area contributed by atoms with Crippen LogP contribution >= 0.6 is 0 Å². The quantitative estimate of drug-likeness (QED) is 0.775. The predicted octanol–water partition coefficient (Wildman–Crippen LogP) is 1.32. The van der Waals surface area contributed by atoms with Crippen LogP contribution in [0, 0.1) is 11.3 Å². The third-order valence-electron chi connectivity index (χ3n) is 2.46. The number of benzene rings is 1. The van der Waals surface area contributed by atoms with Gasteiger partial charge in [-0.3, -0.25) is 9.59 Å². The predicted molar refractivity (Wildman–Crippen MR) is 65.0 cm³/mol. The number of halogens is 3. The molecule has 4 N–H and O–H groups in total. The van der Waals surface area contributed by atoms with Crippen LogP contribution in [-0.2, 0) is 15.8 Å². The second kappa shape index (κ2) is 6.23. The minimum Gasteiger partial charge on any atom is -0.481 e. The molecular formula is C12H10F3N3O3. The Morgan fingerprint density at radius 1 is 1.43 bits per heavy atom. The summed E-state index contributed by atoms with van der Waals surface area (Å²) >= 11 is 0. The van der Waals surface area contributed by atoms with Crippen LogP contribution in [0.15, 0.2) is 18.2 Å². The molecule has 0 aliphatic heterocycles. The molecule has 0 aromatic heterocycles. The van der Waals surface area contributed by atoms with Gasteiger partial charge in [-0.15, -0.1) is 0 Å². The lowest BCUT2D eigenvalue weighted by Gasteiger charge is -2.13. The van der Waals surface area contributed by atoms with Gasteiger partial charge in [-0.1, -0.05) is 0 Å². The summed E-state index contributed by atoms with van der Waals surface area (Å²) in [5, 5.41) is 19.4. The number of nitrogens with zero attached hydrogens (tertiary/aromatic N) is 1. The van der Waals surface area contributed by atoms with Crippen LogP contribution in [0.25, 0.3) is 0 Å². The van der Waals surface area contributed by atoms with Crippen molar-refractivity contribution in [3.8, 4) is 6.07 Å². The minimum atomic E-state index is -4.62. The summed E-state index contributed by atoms with van der Waals surface area (Å²) in [6, 6.07) is 2.33. The zero-order chi connectivity index (χ0) is 16.2. The largest absolute Gasteiger partial charge is 0.481 e. The van der Waals surface area contributed by atoms with Gasteiger partial charge in [0.1, 0.15) is 6.07 Å². The fourth-order valence-electron chi connectivity index (χ4n) is 1.43. The molecular weight excluding hydrogens is 291 g/mol. The van der Waals surface area contributed by atoms with E-state index in [4.69, 9.17) is 16.1 Å². The van der Waals surface area contributed by atoms with Gasteiger partial charge in [-0.05, 0) is 18.2 Å². The number of nitriles is 1. The first-order chi connectivity index (χ1) is 9.65. The maximum atomic E-state index is 12.5. The Hall–Kier alpha value is -2.60. The number of carbonyl (C=O) groups is 2. The first-order valence-corrected chi connectivity index (χ1v) is 5.54. The zero-order valence-corrected chi connectivity index (χ0v) is 10.4. The van der Waals surface area contributed by atoms with E-state index >= 15 is 0 Å². The fourth-order valence-corrected chi connectivity index (χ4v) is 1.43. The van der Waals surface area contributed by atoms with Crippen molar-refractivity contribution >= 4 is 17.6 Å². The van der Waals surface area contributed by atoms with E-state index in [0.29, 0.717) is 12.1 Å². The summed E-state index contributed by atoms with van der Waals surface area (Å²) < 4.78 is 37.5. The van der Waals surface area contributed by atoms with Gasteiger partial charge in [-0.2, -0.15) is 18.4 Å². The molecule has 21 heavy (non-hydrogen) atoms. The second-order valence-electron chi connectivity index (χ2n) is 4.06. The number of alkyl halides is 3. The lowest BCUT2D eigenvalue weighted by molar-refractivity contribution is -0.139. The van der Waals surface area contributed by atoms with Crippen LogP contribution in [-0.4, -0.2) is 23.0 Å². The summed E-state index contributed by atoms with van der Waals surface area (Å²) in [6.45, 7) is 0. The molecule has 1 rings (SSSR count). The summed E-state index contributed by atoms with van der Waals surface area (Å²) in [5.41, 5.74) is 3.69. The molecule has 0 fully saturated rings. The standard InChI is InChI=1S/C12H10F3N3O3/c13-12(14,15)7-1-2-9(6(3-7)5-16)18-11(21)8(17)4-10(19)20/h1-3,8H,4,17H2,(H,18,21)(H,19,20). The van der Waals surface area contributed by atoms with E-state index < -0.39 is 41.6 Å². The Balaban J connectivity index is 2.97. The first-order valence-electron chi connectivity index (χ1n) is 5.54. The molecule has 6 nitrogen and oxygen atoms in total. The molecule has 0 bridgehead atoms. The molecule has 0 aliphatic rings. The molecule has 1 atom stereocenters. The SMILES string of the molecule is N#Cc1cc(C(F)(F)F)ccc1NC(=O)C(N)CC(=O)O. The number of carboxylic acid groups (broad SMARTS) is 1. The van der Waals surface area contributed by atoms with E-state index in [1.54, 1.807) is 0 Å². The molecule has 112 valence electrons. The Morgan fingerprint density at radius 3 is 2.52 bits per heavy atom. The van der Waals surface area contributed by atoms with E-state index in [-0.39, 0.29) is 5.69 Å². The zero-order valence-electron chi connectivity index (χ0n) is 10.4. The average molecular weight is 301 g/mol. The van der Waals surface area contributed by atoms with Gasteiger partial charge < -0.3 is 16.2 Å². The van der Waals surface area contributed by atoms with Crippen molar-refractivity contribution in [1.29, 1.82) is 5.26 Å². The normalized spacial score (nSPS) is 12.3. The number of nitrogens with two attached hydrogens (primary N) is 1. The summed E-state index contributed by atoms with van der Waals surface area (Å²) in [5.74, 6) is -2.21. The summed E-state index contributed by atoms with van der Waals surface area (Å²) in [4.78, 5) is 22.0. The Morgan fingerprint density at radius 2 is 2.05 bits per heavy atom. The summed E-state index contributed by atoms with van der Waals surface area (Å²) in [6.07, 6.45) is -5.26. The highest BCUT2D eigenvalue weighted by Gasteiger charge is 2.31. The van der Waals surface area contributed by atoms with Gasteiger partial charge in [-0.25, -0.2) is 0 Å². The van der Waals surface area contributed by atoms with Gasteiger partial charge in [0.2, 0.25) is 5.91 Å². The van der Waals surface area contributed by atoms with Crippen molar-refractivity contribution < 1.29 is 27.9 Å². The van der Waals surface area contributed by atoms with Crippen LogP contribution in [0.4, 0.5) is 18.9 Å². The van der Waals surface area contributed by atoms with Crippen LogP contribution < -0.4 is 11.1 Å². The Labute approximate surface area is 117 Å². The smallest absolute Gasteiger partial charge is 0.416 e. The van der Waals surface area contributed by atoms with Gasteiger partial charge in [0.25, 0.3) is 0 Å². The molecule has 1 amide bonds. The molecule has 0 heterocycles. The molecule has 0 radical (unpaired) electrons. The molecule has 0 saturated heterocycles. The van der Waals surface area contributed by atoms with E-state index in [9.17, 15) is 22.8 Å². The molecule has 9 heteroatoms. The maximum Gasteiger partial charge on any atom is 0.416 e. The van der Waals surface area contributed by atoms with E-state index in [0.717, 1.165) is 6.07 Å². The number of rotatable bonds is 4. The third-order valence-corrected chi connectivity index (χ3v) is 2.46. The third kappa shape index (κ3) is 4.47. The van der Waals surface area contributed by atoms with Gasteiger partial charge >= 0.3 is 12.1 Å². The second-order valence-corrected chi connectivity index (χ2v) is 4.06. The van der Waals surface area contributed by atoms with Crippen molar-refractivity contribution in [3.05, 3.63) is 29.3 Å². The molecule has 1 unspecified atom stereocenters. The highest BCUT2D eigenvalue weighted by molar-refractivity contribution is 5.97. The number of carboxylic acids is 1. The average Bonchev–Trinajstić information content (AvgIpc) is 2.36. The van der Waals surface area contributed by atoms with E-state index in [1.165, 1.54) is 6.07 Å². The van der Waals surface area contributed by atoms with Crippen molar-refractivity contribution in [1.82, 2.24) is 0 Å². The van der Waals surface area contributed by atoms with Gasteiger partial charge in [0.15, 0.2) is 0 Å². The van der Waals surface area contributed by atoms with Gasteiger partial charge in [0.05, 0.1) is 29.3 Å². The van der Waals surface area contributed by atoms with Crippen LogP contribution in [0.1, 0.15) is 17.5 Å². The number of aliphatic carboxylic acids is 1. The number of anilines is 1. The number of amides is 1. The van der Waals surface area contributed by atoms with Crippen LogP contribution in [0.5, 0.6) is 0 Å². The van der Waals surface area contributed by atoms with E-state index in [1.807, 2.05) is 0 Å². The highest BCUT2D eigenvalue weighted by Crippen LogP contribution is 2.31. The molecule has 0 aliphatic carbocycles.